The Labute approximate surface area is 161 Å². The monoisotopic (exact) mass is 371 g/mol. The summed E-state index contributed by atoms with van der Waals surface area (Å²) in [6.45, 7) is 11.2. The van der Waals surface area contributed by atoms with Crippen molar-refractivity contribution in [3.63, 3.8) is 0 Å². The predicted octanol–water partition coefficient (Wildman–Crippen LogP) is 3.23. The SMILES string of the molecule is CCN(CC)c1cc(NN=Cc2cccc(C)c2)nc(OCC(C)(C)O)n1. The topological polar surface area (TPSA) is 82.9 Å². The third-order valence-electron chi connectivity index (χ3n) is 3.77. The van der Waals surface area contributed by atoms with Crippen molar-refractivity contribution in [1.29, 1.82) is 0 Å². The third kappa shape index (κ3) is 6.86. The van der Waals surface area contributed by atoms with Crippen molar-refractivity contribution in [3.05, 3.63) is 41.5 Å². The van der Waals surface area contributed by atoms with Crippen LogP contribution in [-0.2, 0) is 0 Å². The number of nitrogens with zero attached hydrogens (tertiary/aromatic N) is 4. The largest absolute Gasteiger partial charge is 0.460 e. The third-order valence-corrected chi connectivity index (χ3v) is 3.77. The second kappa shape index (κ2) is 9.32. The summed E-state index contributed by atoms with van der Waals surface area (Å²) in [5.41, 5.74) is 4.15. The van der Waals surface area contributed by atoms with Gasteiger partial charge >= 0.3 is 6.01 Å². The van der Waals surface area contributed by atoms with Crippen molar-refractivity contribution in [1.82, 2.24) is 9.97 Å². The van der Waals surface area contributed by atoms with E-state index in [1.807, 2.05) is 37.3 Å². The molecule has 0 fully saturated rings. The van der Waals surface area contributed by atoms with Gasteiger partial charge in [-0.2, -0.15) is 15.1 Å². The van der Waals surface area contributed by atoms with E-state index in [1.165, 1.54) is 5.56 Å². The van der Waals surface area contributed by atoms with Crippen LogP contribution in [0.15, 0.2) is 35.4 Å². The molecule has 7 nitrogen and oxygen atoms in total. The fourth-order valence-electron chi connectivity index (χ4n) is 2.41. The van der Waals surface area contributed by atoms with Gasteiger partial charge in [0.2, 0.25) is 0 Å². The molecule has 0 radical (unpaired) electrons. The Bertz CT molecular complexity index is 767. The molecule has 146 valence electrons. The molecule has 0 spiro atoms. The van der Waals surface area contributed by atoms with Gasteiger partial charge in [0.1, 0.15) is 12.4 Å². The molecule has 2 aromatic rings. The fourth-order valence-corrected chi connectivity index (χ4v) is 2.41. The molecule has 0 amide bonds. The normalized spacial score (nSPS) is 11.6. The lowest BCUT2D eigenvalue weighted by molar-refractivity contribution is 0.0251. The highest BCUT2D eigenvalue weighted by atomic mass is 16.5. The van der Waals surface area contributed by atoms with E-state index < -0.39 is 5.60 Å². The number of aliphatic hydroxyl groups is 1. The van der Waals surface area contributed by atoms with E-state index in [0.717, 1.165) is 24.5 Å². The summed E-state index contributed by atoms with van der Waals surface area (Å²) < 4.78 is 5.58. The number of hydrazone groups is 1. The van der Waals surface area contributed by atoms with Gasteiger partial charge in [-0.05, 0) is 40.2 Å². The fraction of sp³-hybridized carbons (Fsp3) is 0.450. The van der Waals surface area contributed by atoms with Gasteiger partial charge in [0.05, 0.1) is 11.8 Å². The molecular formula is C20H29N5O2. The van der Waals surface area contributed by atoms with Crippen molar-refractivity contribution in [2.45, 2.75) is 40.2 Å². The van der Waals surface area contributed by atoms with Crippen LogP contribution in [0, 0.1) is 6.92 Å². The summed E-state index contributed by atoms with van der Waals surface area (Å²) in [4.78, 5) is 10.9. The number of aryl methyl sites for hydroxylation is 1. The highest BCUT2D eigenvalue weighted by Gasteiger charge is 2.16. The van der Waals surface area contributed by atoms with E-state index in [4.69, 9.17) is 4.74 Å². The minimum atomic E-state index is -0.967. The smallest absolute Gasteiger partial charge is 0.320 e. The van der Waals surface area contributed by atoms with Crippen LogP contribution in [0.5, 0.6) is 6.01 Å². The Morgan fingerprint density at radius 2 is 1.96 bits per heavy atom. The van der Waals surface area contributed by atoms with Gasteiger partial charge in [0.15, 0.2) is 5.82 Å². The van der Waals surface area contributed by atoms with Crippen LogP contribution in [0.2, 0.25) is 0 Å². The van der Waals surface area contributed by atoms with Crippen LogP contribution in [0.3, 0.4) is 0 Å². The van der Waals surface area contributed by atoms with E-state index >= 15 is 0 Å². The molecule has 2 rings (SSSR count). The first-order chi connectivity index (χ1) is 12.8. The van der Waals surface area contributed by atoms with Crippen molar-refractivity contribution in [3.8, 4) is 6.01 Å². The summed E-state index contributed by atoms with van der Waals surface area (Å²) in [6.07, 6.45) is 1.74. The Morgan fingerprint density at radius 1 is 1.22 bits per heavy atom. The maximum absolute atomic E-state index is 9.88. The zero-order chi connectivity index (χ0) is 19.9. The molecule has 27 heavy (non-hydrogen) atoms. The quantitative estimate of drug-likeness (QED) is 0.520. The summed E-state index contributed by atoms with van der Waals surface area (Å²) in [6, 6.07) is 10.1. The van der Waals surface area contributed by atoms with Gasteiger partial charge in [-0.15, -0.1) is 0 Å². The van der Waals surface area contributed by atoms with Crippen LogP contribution in [0.4, 0.5) is 11.6 Å². The van der Waals surface area contributed by atoms with Gasteiger partial charge in [-0.3, -0.25) is 5.43 Å². The average molecular weight is 371 g/mol. The number of nitrogens with one attached hydrogen (secondary N) is 1. The predicted molar refractivity (Wildman–Crippen MR) is 110 cm³/mol. The Balaban J connectivity index is 2.20. The molecule has 0 aliphatic carbocycles. The summed E-state index contributed by atoms with van der Waals surface area (Å²) >= 11 is 0. The number of benzene rings is 1. The van der Waals surface area contributed by atoms with E-state index in [2.05, 4.69) is 39.2 Å². The van der Waals surface area contributed by atoms with E-state index in [-0.39, 0.29) is 12.6 Å². The minimum absolute atomic E-state index is 0.0979. The van der Waals surface area contributed by atoms with Crippen LogP contribution in [0.25, 0.3) is 0 Å². The van der Waals surface area contributed by atoms with Gasteiger partial charge in [0, 0.05) is 19.2 Å². The lowest BCUT2D eigenvalue weighted by atomic mass is 10.2. The Kier molecular flexibility index (Phi) is 7.12. The van der Waals surface area contributed by atoms with Gasteiger partial charge in [-0.25, -0.2) is 0 Å². The van der Waals surface area contributed by atoms with Crippen LogP contribution in [0.1, 0.15) is 38.8 Å². The average Bonchev–Trinajstić information content (AvgIpc) is 2.61. The number of rotatable bonds is 9. The summed E-state index contributed by atoms with van der Waals surface area (Å²) in [7, 11) is 0. The second-order valence-corrected chi connectivity index (χ2v) is 6.95. The molecule has 0 saturated heterocycles. The van der Waals surface area contributed by atoms with E-state index in [1.54, 1.807) is 20.1 Å². The highest BCUT2D eigenvalue weighted by molar-refractivity contribution is 5.80. The lowest BCUT2D eigenvalue weighted by Gasteiger charge is -2.21. The van der Waals surface area contributed by atoms with Crippen molar-refractivity contribution in [2.75, 3.05) is 30.0 Å². The first kappa shape index (κ1) is 20.6. The number of anilines is 2. The maximum Gasteiger partial charge on any atom is 0.320 e. The number of ether oxygens (including phenoxy) is 1. The van der Waals surface area contributed by atoms with Gasteiger partial charge in [0.25, 0.3) is 0 Å². The number of aromatic nitrogens is 2. The maximum atomic E-state index is 9.88. The summed E-state index contributed by atoms with van der Waals surface area (Å²) in [5, 5.41) is 14.1. The van der Waals surface area contributed by atoms with Crippen molar-refractivity contribution >= 4 is 17.9 Å². The zero-order valence-corrected chi connectivity index (χ0v) is 16.7. The second-order valence-electron chi connectivity index (χ2n) is 6.95. The number of hydrogen-bond acceptors (Lipinski definition) is 7. The summed E-state index contributed by atoms with van der Waals surface area (Å²) in [5.74, 6) is 1.27. The molecule has 1 heterocycles. The standard InChI is InChI=1S/C20H29N5O2/c1-6-25(7-2)18-12-17(22-19(23-18)27-14-20(4,5)26)24-21-13-16-10-8-9-15(3)11-16/h8-13,26H,6-7,14H2,1-5H3,(H,22,23,24). The van der Waals surface area contributed by atoms with E-state index in [9.17, 15) is 5.11 Å². The van der Waals surface area contributed by atoms with Crippen molar-refractivity contribution < 1.29 is 9.84 Å². The van der Waals surface area contributed by atoms with Crippen molar-refractivity contribution in [2.24, 2.45) is 5.10 Å². The molecule has 2 N–H and O–H groups in total. The molecule has 0 unspecified atom stereocenters. The molecule has 0 aliphatic rings. The first-order valence-electron chi connectivity index (χ1n) is 9.15. The molecule has 1 aromatic heterocycles. The molecule has 0 saturated carbocycles. The molecule has 0 bridgehead atoms. The molecule has 0 atom stereocenters. The molecular weight excluding hydrogens is 342 g/mol. The number of hydrogen-bond donors (Lipinski definition) is 2. The molecule has 0 aliphatic heterocycles. The zero-order valence-electron chi connectivity index (χ0n) is 16.7. The van der Waals surface area contributed by atoms with Crippen LogP contribution in [-0.4, -0.2) is 46.6 Å². The Hall–Kier alpha value is -2.67. The molecule has 7 heteroatoms. The lowest BCUT2D eigenvalue weighted by Crippen LogP contribution is -2.29. The Morgan fingerprint density at radius 3 is 2.59 bits per heavy atom. The molecule has 1 aromatic carbocycles. The van der Waals surface area contributed by atoms with Gasteiger partial charge < -0.3 is 14.7 Å². The van der Waals surface area contributed by atoms with Gasteiger partial charge in [-0.1, -0.05) is 29.8 Å². The highest BCUT2D eigenvalue weighted by Crippen LogP contribution is 2.20. The van der Waals surface area contributed by atoms with E-state index in [0.29, 0.717) is 5.82 Å². The first-order valence-corrected chi connectivity index (χ1v) is 9.15. The van der Waals surface area contributed by atoms with Crippen LogP contribution >= 0.6 is 0 Å². The minimum Gasteiger partial charge on any atom is -0.460 e. The van der Waals surface area contributed by atoms with Crippen LogP contribution < -0.4 is 15.1 Å².